The van der Waals surface area contributed by atoms with Crippen LogP contribution in [0.25, 0.3) is 0 Å². The number of ether oxygens (including phenoxy) is 1. The molecule has 1 saturated heterocycles. The predicted molar refractivity (Wildman–Crippen MR) is 62.8 cm³/mol. The van der Waals surface area contributed by atoms with Crippen LogP contribution >= 0.6 is 0 Å². The van der Waals surface area contributed by atoms with E-state index in [4.69, 9.17) is 4.74 Å². The van der Waals surface area contributed by atoms with Crippen LogP contribution in [0.2, 0.25) is 0 Å². The van der Waals surface area contributed by atoms with Crippen molar-refractivity contribution in [1.29, 1.82) is 0 Å². The average Bonchev–Trinajstić information content (AvgIpc) is 2.26. The second-order valence-corrected chi connectivity index (χ2v) is 4.61. The van der Waals surface area contributed by atoms with Crippen molar-refractivity contribution >= 4 is 11.9 Å². The Morgan fingerprint density at radius 2 is 1.82 bits per heavy atom. The van der Waals surface area contributed by atoms with E-state index in [1.54, 1.807) is 0 Å². The van der Waals surface area contributed by atoms with Crippen LogP contribution < -0.4 is 15.5 Å². The first-order valence-corrected chi connectivity index (χ1v) is 5.96. The molecule has 1 heterocycles. The minimum Gasteiger partial charge on any atom is -0.364 e. The highest BCUT2D eigenvalue weighted by Gasteiger charge is 2.33. The first kappa shape index (κ1) is 13.9. The molecule has 0 aliphatic carbocycles. The fraction of sp³-hybridized carbons (Fsp3) is 0.818. The summed E-state index contributed by atoms with van der Waals surface area (Å²) in [6.07, 6.45) is 0.285. The Morgan fingerprint density at radius 3 is 2.29 bits per heavy atom. The van der Waals surface area contributed by atoms with E-state index >= 15 is 0 Å². The highest BCUT2D eigenvalue weighted by molar-refractivity contribution is 5.96. The number of carbonyl (C=O) groups is 2. The second-order valence-electron chi connectivity index (χ2n) is 4.61. The summed E-state index contributed by atoms with van der Waals surface area (Å²) >= 11 is 0. The van der Waals surface area contributed by atoms with Crippen molar-refractivity contribution < 1.29 is 19.2 Å². The summed E-state index contributed by atoms with van der Waals surface area (Å²) in [6, 6.07) is -0.711. The molecular formula is C11H22N3O3+. The number of hydrogen-bond donors (Lipinski definition) is 3. The molecule has 0 spiro atoms. The van der Waals surface area contributed by atoms with Crippen molar-refractivity contribution in [1.82, 2.24) is 10.6 Å². The molecule has 0 radical (unpaired) electrons. The van der Waals surface area contributed by atoms with Crippen LogP contribution in [0.1, 0.15) is 20.8 Å². The molecule has 0 saturated carbocycles. The molecule has 0 aromatic carbocycles. The van der Waals surface area contributed by atoms with E-state index in [1.165, 1.54) is 7.05 Å². The zero-order valence-electron chi connectivity index (χ0n) is 10.9. The van der Waals surface area contributed by atoms with Gasteiger partial charge in [-0.15, -0.1) is 0 Å². The fourth-order valence-electron chi connectivity index (χ4n) is 2.14. The molecule has 1 unspecified atom stereocenters. The van der Waals surface area contributed by atoms with Gasteiger partial charge < -0.3 is 15.0 Å². The number of urea groups is 1. The van der Waals surface area contributed by atoms with E-state index in [2.05, 4.69) is 10.6 Å². The molecule has 17 heavy (non-hydrogen) atoms. The van der Waals surface area contributed by atoms with Crippen molar-refractivity contribution in [2.75, 3.05) is 20.1 Å². The number of amides is 3. The number of nitrogens with one attached hydrogen (secondary N) is 3. The topological polar surface area (TPSA) is 71.9 Å². The maximum absolute atomic E-state index is 11.8. The van der Waals surface area contributed by atoms with Crippen molar-refractivity contribution in [3.63, 3.8) is 0 Å². The lowest BCUT2D eigenvalue weighted by atomic mass is 10.1. The lowest BCUT2D eigenvalue weighted by molar-refractivity contribution is -0.928. The minimum atomic E-state index is -0.462. The number of rotatable bonds is 2. The lowest BCUT2D eigenvalue weighted by Gasteiger charge is -2.35. The maximum Gasteiger partial charge on any atom is 0.321 e. The third kappa shape index (κ3) is 3.98. The summed E-state index contributed by atoms with van der Waals surface area (Å²) in [5, 5.41) is 4.67. The molecule has 3 amide bonds. The van der Waals surface area contributed by atoms with Gasteiger partial charge in [-0.05, 0) is 20.8 Å². The first-order chi connectivity index (χ1) is 7.93. The number of morpholine rings is 1. The van der Waals surface area contributed by atoms with Gasteiger partial charge in [0.15, 0.2) is 6.04 Å². The Balaban J connectivity index is 2.53. The average molecular weight is 244 g/mol. The highest BCUT2D eigenvalue weighted by atomic mass is 16.5. The number of hydrogen-bond acceptors (Lipinski definition) is 3. The normalized spacial score (nSPS) is 30.5. The summed E-state index contributed by atoms with van der Waals surface area (Å²) < 4.78 is 5.62. The third-order valence-corrected chi connectivity index (χ3v) is 3.03. The van der Waals surface area contributed by atoms with Gasteiger partial charge in [0.25, 0.3) is 5.91 Å². The van der Waals surface area contributed by atoms with Crippen LogP contribution in [0.3, 0.4) is 0 Å². The minimum absolute atomic E-state index is 0.143. The van der Waals surface area contributed by atoms with E-state index in [0.717, 1.165) is 18.0 Å². The van der Waals surface area contributed by atoms with Crippen molar-refractivity contribution in [2.45, 2.75) is 39.0 Å². The standard InChI is InChI=1S/C11H21N3O3/c1-7-5-14(6-8(2)17-7)9(3)10(15)13-11(16)12-4/h7-9H,5-6H2,1-4H3,(H2,12,13,15,16)/p+1/t7-,8+,9-/m0/s1. The largest absolute Gasteiger partial charge is 0.364 e. The third-order valence-electron chi connectivity index (χ3n) is 3.03. The zero-order valence-corrected chi connectivity index (χ0v) is 10.9. The molecule has 0 aromatic heterocycles. The van der Waals surface area contributed by atoms with Gasteiger partial charge in [-0.1, -0.05) is 0 Å². The quantitative estimate of drug-likeness (QED) is 0.555. The van der Waals surface area contributed by atoms with Crippen LogP contribution in [0.5, 0.6) is 0 Å². The molecule has 1 aliphatic heterocycles. The predicted octanol–water partition coefficient (Wildman–Crippen LogP) is -1.48. The van der Waals surface area contributed by atoms with Crippen LogP contribution in [0, 0.1) is 0 Å². The van der Waals surface area contributed by atoms with E-state index in [-0.39, 0.29) is 24.2 Å². The summed E-state index contributed by atoms with van der Waals surface area (Å²) in [5.74, 6) is -0.249. The van der Waals surface area contributed by atoms with Gasteiger partial charge in [-0.3, -0.25) is 10.1 Å². The Hall–Kier alpha value is -1.14. The van der Waals surface area contributed by atoms with Gasteiger partial charge >= 0.3 is 6.03 Å². The number of imide groups is 1. The van der Waals surface area contributed by atoms with Crippen LogP contribution in [0.4, 0.5) is 4.79 Å². The SMILES string of the molecule is CNC(=O)NC(=O)[C@H](C)[NH+]1C[C@@H](C)O[C@@H](C)C1. The molecule has 0 aromatic rings. The Kier molecular flexibility index (Phi) is 4.89. The van der Waals surface area contributed by atoms with Crippen LogP contribution in [-0.2, 0) is 9.53 Å². The molecule has 0 bridgehead atoms. The molecular weight excluding hydrogens is 222 g/mol. The molecule has 3 N–H and O–H groups in total. The van der Waals surface area contributed by atoms with Gasteiger partial charge in [0.1, 0.15) is 25.3 Å². The molecule has 98 valence electrons. The van der Waals surface area contributed by atoms with E-state index in [0.29, 0.717) is 0 Å². The molecule has 1 aliphatic rings. The first-order valence-electron chi connectivity index (χ1n) is 5.96. The van der Waals surface area contributed by atoms with Crippen LogP contribution in [0.15, 0.2) is 0 Å². The molecule has 1 fully saturated rings. The van der Waals surface area contributed by atoms with Gasteiger partial charge in [-0.2, -0.15) is 0 Å². The summed E-state index contributed by atoms with van der Waals surface area (Å²) in [7, 11) is 1.49. The Bertz CT molecular complexity index is 286. The van der Waals surface area contributed by atoms with Crippen LogP contribution in [-0.4, -0.2) is 50.3 Å². The fourth-order valence-corrected chi connectivity index (χ4v) is 2.14. The molecule has 1 rings (SSSR count). The summed E-state index contributed by atoms with van der Waals surface area (Å²) in [6.45, 7) is 7.40. The van der Waals surface area contributed by atoms with E-state index < -0.39 is 6.03 Å². The van der Waals surface area contributed by atoms with E-state index in [1.807, 2.05) is 20.8 Å². The van der Waals surface area contributed by atoms with Gasteiger partial charge in [-0.25, -0.2) is 4.79 Å². The lowest BCUT2D eigenvalue weighted by Crippen LogP contribution is -3.19. The number of carbonyl (C=O) groups excluding carboxylic acids is 2. The smallest absolute Gasteiger partial charge is 0.321 e. The van der Waals surface area contributed by atoms with Crippen molar-refractivity contribution in [3.8, 4) is 0 Å². The highest BCUT2D eigenvalue weighted by Crippen LogP contribution is 1.99. The van der Waals surface area contributed by atoms with Gasteiger partial charge in [0.05, 0.1) is 0 Å². The zero-order chi connectivity index (χ0) is 13.0. The summed E-state index contributed by atoms with van der Waals surface area (Å²) in [4.78, 5) is 24.0. The van der Waals surface area contributed by atoms with Gasteiger partial charge in [0, 0.05) is 7.05 Å². The summed E-state index contributed by atoms with van der Waals surface area (Å²) in [5.41, 5.74) is 0. The molecule has 6 nitrogen and oxygen atoms in total. The molecule has 6 heteroatoms. The Morgan fingerprint density at radius 1 is 1.29 bits per heavy atom. The molecule has 4 atom stereocenters. The second kappa shape index (κ2) is 5.97. The van der Waals surface area contributed by atoms with Crippen molar-refractivity contribution in [2.24, 2.45) is 0 Å². The van der Waals surface area contributed by atoms with Crippen molar-refractivity contribution in [3.05, 3.63) is 0 Å². The Labute approximate surface area is 102 Å². The monoisotopic (exact) mass is 244 g/mol. The number of quaternary nitrogens is 1. The maximum atomic E-state index is 11.8. The van der Waals surface area contributed by atoms with Gasteiger partial charge in [0.2, 0.25) is 0 Å². The van der Waals surface area contributed by atoms with E-state index in [9.17, 15) is 9.59 Å².